The number of allylic oxidation sites excluding steroid dienone is 1. The number of ketones is 1. The topological polar surface area (TPSA) is 47.3 Å². The third kappa shape index (κ3) is 3.00. The Bertz CT molecular complexity index is 938. The zero-order valence-electron chi connectivity index (χ0n) is 11.5. The van der Waals surface area contributed by atoms with Gasteiger partial charge < -0.3 is 4.42 Å². The Morgan fingerprint density at radius 3 is 2.68 bits per heavy atom. The van der Waals surface area contributed by atoms with E-state index in [4.69, 9.17) is 16.0 Å². The van der Waals surface area contributed by atoms with Gasteiger partial charge in [-0.15, -0.1) is 0 Å². The Labute approximate surface area is 131 Å². The Balaban J connectivity index is 1.95. The quantitative estimate of drug-likeness (QED) is 0.410. The Morgan fingerprint density at radius 1 is 1.05 bits per heavy atom. The number of carbonyl (C=O) groups excluding carboxylic acids is 1. The van der Waals surface area contributed by atoms with Crippen molar-refractivity contribution in [2.75, 3.05) is 0 Å². The van der Waals surface area contributed by atoms with Crippen molar-refractivity contribution in [1.82, 2.24) is 0 Å². The van der Waals surface area contributed by atoms with Crippen LogP contribution >= 0.6 is 11.6 Å². The predicted molar refractivity (Wildman–Crippen MR) is 87.3 cm³/mol. The first-order valence-electron chi connectivity index (χ1n) is 6.64. The van der Waals surface area contributed by atoms with Gasteiger partial charge in [0.25, 0.3) is 0 Å². The molecule has 0 amide bonds. The zero-order chi connectivity index (χ0) is 15.5. The summed E-state index contributed by atoms with van der Waals surface area (Å²) < 4.78 is 5.15. The number of para-hydroxylation sites is 1. The lowest BCUT2D eigenvalue weighted by molar-refractivity contribution is 0.104. The van der Waals surface area contributed by atoms with Crippen LogP contribution in [-0.2, 0) is 0 Å². The summed E-state index contributed by atoms with van der Waals surface area (Å²) >= 11 is 5.88. The fourth-order valence-corrected chi connectivity index (χ4v) is 2.30. The van der Waals surface area contributed by atoms with Crippen LogP contribution in [0.25, 0.3) is 17.0 Å². The molecule has 2 aromatic carbocycles. The van der Waals surface area contributed by atoms with Gasteiger partial charge in [-0.1, -0.05) is 48.0 Å². The second-order valence-electron chi connectivity index (χ2n) is 4.74. The van der Waals surface area contributed by atoms with Crippen molar-refractivity contribution in [3.63, 3.8) is 0 Å². The van der Waals surface area contributed by atoms with Crippen LogP contribution in [0.3, 0.4) is 0 Å². The van der Waals surface area contributed by atoms with E-state index in [0.29, 0.717) is 16.0 Å². The third-order valence-corrected chi connectivity index (χ3v) is 3.42. The zero-order valence-corrected chi connectivity index (χ0v) is 12.2. The molecule has 0 fully saturated rings. The van der Waals surface area contributed by atoms with Crippen LogP contribution in [0.4, 0.5) is 0 Å². The van der Waals surface area contributed by atoms with Crippen LogP contribution in [0.5, 0.6) is 0 Å². The van der Waals surface area contributed by atoms with Crippen molar-refractivity contribution in [3.8, 4) is 0 Å². The van der Waals surface area contributed by atoms with Gasteiger partial charge in [0.1, 0.15) is 11.1 Å². The summed E-state index contributed by atoms with van der Waals surface area (Å²) in [5, 5.41) is 1.29. The second kappa shape index (κ2) is 6.00. The molecule has 1 heterocycles. The minimum atomic E-state index is -0.639. The maximum atomic E-state index is 12.2. The lowest BCUT2D eigenvalue weighted by atomic mass is 10.1. The van der Waals surface area contributed by atoms with Gasteiger partial charge in [-0.25, -0.2) is 4.79 Å². The highest BCUT2D eigenvalue weighted by Crippen LogP contribution is 2.14. The van der Waals surface area contributed by atoms with Crippen LogP contribution in [0.2, 0.25) is 5.02 Å². The van der Waals surface area contributed by atoms with E-state index in [1.54, 1.807) is 48.5 Å². The van der Waals surface area contributed by atoms with Crippen molar-refractivity contribution >= 4 is 34.4 Å². The normalized spacial score (nSPS) is 11.1. The number of halogens is 1. The molecule has 3 nitrogen and oxygen atoms in total. The molecule has 3 aromatic rings. The fourth-order valence-electron chi connectivity index (χ4n) is 2.11. The van der Waals surface area contributed by atoms with Crippen molar-refractivity contribution < 1.29 is 9.21 Å². The summed E-state index contributed by atoms with van der Waals surface area (Å²) in [7, 11) is 0. The Morgan fingerprint density at radius 2 is 1.86 bits per heavy atom. The van der Waals surface area contributed by atoms with Gasteiger partial charge in [-0.3, -0.25) is 4.79 Å². The largest absolute Gasteiger partial charge is 0.422 e. The van der Waals surface area contributed by atoms with Crippen molar-refractivity contribution in [3.05, 3.63) is 87.2 Å². The first kappa shape index (κ1) is 14.3. The molecule has 108 valence electrons. The highest BCUT2D eigenvalue weighted by Gasteiger charge is 2.10. The average Bonchev–Trinajstić information content (AvgIpc) is 2.52. The van der Waals surface area contributed by atoms with E-state index in [1.807, 2.05) is 12.1 Å². The summed E-state index contributed by atoms with van der Waals surface area (Å²) in [5.41, 5.74) is 0.616. The van der Waals surface area contributed by atoms with E-state index < -0.39 is 11.4 Å². The molecule has 3 rings (SSSR count). The molecular formula is C18H11ClO3. The number of benzene rings is 2. The monoisotopic (exact) mass is 310 g/mol. The minimum Gasteiger partial charge on any atom is -0.422 e. The Kier molecular flexibility index (Phi) is 3.90. The predicted octanol–water partition coefficient (Wildman–Crippen LogP) is 4.34. The van der Waals surface area contributed by atoms with Gasteiger partial charge in [0.2, 0.25) is 0 Å². The molecule has 4 heteroatoms. The SMILES string of the molecule is O=C(C=Cc1cccc(Cl)c1)c1cc2ccccc2oc1=O. The van der Waals surface area contributed by atoms with Gasteiger partial charge in [-0.05, 0) is 35.9 Å². The molecule has 0 unspecified atom stereocenters. The minimum absolute atomic E-state index is 0.0111. The van der Waals surface area contributed by atoms with E-state index in [9.17, 15) is 9.59 Å². The number of carbonyl (C=O) groups is 1. The summed E-state index contributed by atoms with van der Waals surface area (Å²) in [4.78, 5) is 24.1. The Hall–Kier alpha value is -2.65. The maximum absolute atomic E-state index is 12.2. The van der Waals surface area contributed by atoms with E-state index in [2.05, 4.69) is 0 Å². The van der Waals surface area contributed by atoms with Gasteiger partial charge in [0.05, 0.1) is 0 Å². The molecule has 0 spiro atoms. The summed E-state index contributed by atoms with van der Waals surface area (Å²) in [6, 6.07) is 15.7. The molecule has 0 radical (unpaired) electrons. The molecule has 0 saturated carbocycles. The number of hydrogen-bond acceptors (Lipinski definition) is 3. The molecule has 0 bridgehead atoms. The number of fused-ring (bicyclic) bond motifs is 1. The standard InChI is InChI=1S/C18H11ClO3/c19-14-6-3-4-12(10-14)8-9-16(20)15-11-13-5-1-2-7-17(13)22-18(15)21/h1-11H. The fraction of sp³-hybridized carbons (Fsp3) is 0. The molecule has 22 heavy (non-hydrogen) atoms. The molecule has 0 N–H and O–H groups in total. The first-order chi connectivity index (χ1) is 10.6. The molecule has 0 atom stereocenters. The maximum Gasteiger partial charge on any atom is 0.347 e. The van der Waals surface area contributed by atoms with Gasteiger partial charge in [-0.2, -0.15) is 0 Å². The van der Waals surface area contributed by atoms with Crippen LogP contribution < -0.4 is 5.63 Å². The second-order valence-corrected chi connectivity index (χ2v) is 5.17. The van der Waals surface area contributed by atoms with E-state index in [1.165, 1.54) is 6.08 Å². The third-order valence-electron chi connectivity index (χ3n) is 3.18. The van der Waals surface area contributed by atoms with E-state index in [-0.39, 0.29) is 5.56 Å². The average molecular weight is 311 g/mol. The molecular weight excluding hydrogens is 300 g/mol. The highest BCUT2D eigenvalue weighted by atomic mass is 35.5. The van der Waals surface area contributed by atoms with Crippen LogP contribution in [0.15, 0.2) is 69.9 Å². The smallest absolute Gasteiger partial charge is 0.347 e. The molecule has 1 aromatic heterocycles. The number of hydrogen-bond donors (Lipinski definition) is 0. The molecule has 0 aliphatic heterocycles. The molecule has 0 saturated heterocycles. The molecule has 0 aliphatic rings. The first-order valence-corrected chi connectivity index (χ1v) is 7.02. The van der Waals surface area contributed by atoms with Crippen LogP contribution in [0.1, 0.15) is 15.9 Å². The molecule has 0 aliphatic carbocycles. The lowest BCUT2D eigenvalue weighted by Gasteiger charge is -1.99. The van der Waals surface area contributed by atoms with E-state index >= 15 is 0 Å². The number of rotatable bonds is 3. The van der Waals surface area contributed by atoms with Crippen molar-refractivity contribution in [2.24, 2.45) is 0 Å². The summed E-state index contributed by atoms with van der Waals surface area (Å²) in [6.07, 6.45) is 2.95. The summed E-state index contributed by atoms with van der Waals surface area (Å²) in [6.45, 7) is 0. The van der Waals surface area contributed by atoms with Gasteiger partial charge >= 0.3 is 5.63 Å². The summed E-state index contributed by atoms with van der Waals surface area (Å²) in [5.74, 6) is -0.403. The van der Waals surface area contributed by atoms with Crippen LogP contribution in [-0.4, -0.2) is 5.78 Å². The van der Waals surface area contributed by atoms with E-state index in [0.717, 1.165) is 5.56 Å². The van der Waals surface area contributed by atoms with Crippen LogP contribution in [0, 0.1) is 0 Å². The van der Waals surface area contributed by atoms with Crippen molar-refractivity contribution in [2.45, 2.75) is 0 Å². The van der Waals surface area contributed by atoms with Gasteiger partial charge in [0.15, 0.2) is 5.78 Å². The van der Waals surface area contributed by atoms with Crippen molar-refractivity contribution in [1.29, 1.82) is 0 Å². The highest BCUT2D eigenvalue weighted by molar-refractivity contribution is 6.30. The van der Waals surface area contributed by atoms with Gasteiger partial charge in [0, 0.05) is 10.4 Å². The lowest BCUT2D eigenvalue weighted by Crippen LogP contribution is -2.11.